The van der Waals surface area contributed by atoms with Gasteiger partial charge in [0.2, 0.25) is 0 Å². The average molecular weight is 382 g/mol. The van der Waals surface area contributed by atoms with Gasteiger partial charge in [-0.3, -0.25) is 14.5 Å². The fourth-order valence-electron chi connectivity index (χ4n) is 4.40. The summed E-state index contributed by atoms with van der Waals surface area (Å²) in [4.78, 5) is 26.3. The molecule has 0 bridgehead atoms. The molecule has 0 spiro atoms. The number of hydrogen-bond acceptors (Lipinski definition) is 2. The van der Waals surface area contributed by atoms with Crippen LogP contribution in [0.1, 0.15) is 40.0 Å². The lowest BCUT2D eigenvalue weighted by atomic mass is 10.1. The van der Waals surface area contributed by atoms with Crippen LogP contribution in [0.25, 0.3) is 21.8 Å². The fourth-order valence-corrected chi connectivity index (χ4v) is 4.40. The number of hydrogen-bond donors (Lipinski definition) is 0. The van der Waals surface area contributed by atoms with Gasteiger partial charge in [0, 0.05) is 34.9 Å². The predicted octanol–water partition coefficient (Wildman–Crippen LogP) is 5.26. The summed E-state index contributed by atoms with van der Waals surface area (Å²) in [5, 5.41) is 2.57. The van der Waals surface area contributed by atoms with E-state index in [9.17, 15) is 9.59 Å². The van der Waals surface area contributed by atoms with E-state index >= 15 is 0 Å². The first-order chi connectivity index (χ1) is 14.3. The molecule has 4 nitrogen and oxygen atoms in total. The maximum atomic E-state index is 12.5. The molecule has 0 atom stereocenters. The van der Waals surface area contributed by atoms with Crippen LogP contribution in [0.15, 0.2) is 72.8 Å². The third-order valence-electron chi connectivity index (χ3n) is 5.82. The molecule has 1 aliphatic rings. The van der Waals surface area contributed by atoms with Gasteiger partial charge in [-0.05, 0) is 43.5 Å². The molecule has 0 fully saturated rings. The van der Waals surface area contributed by atoms with Crippen molar-refractivity contribution in [3.05, 3.63) is 83.9 Å². The van der Waals surface area contributed by atoms with Gasteiger partial charge in [-0.2, -0.15) is 0 Å². The molecular formula is C25H22N2O2. The number of carbonyl (C=O) groups excluding carboxylic acids is 2. The van der Waals surface area contributed by atoms with Crippen molar-refractivity contribution in [3.8, 4) is 0 Å². The molecule has 29 heavy (non-hydrogen) atoms. The number of aryl methyl sites for hydroxylation is 1. The smallest absolute Gasteiger partial charge is 0.261 e. The summed E-state index contributed by atoms with van der Waals surface area (Å²) < 4.78 is 2.38. The van der Waals surface area contributed by atoms with Crippen LogP contribution in [0.4, 0.5) is 0 Å². The fraction of sp³-hybridized carbons (Fsp3) is 0.200. The van der Waals surface area contributed by atoms with Crippen LogP contribution >= 0.6 is 0 Å². The second-order valence-corrected chi connectivity index (χ2v) is 7.55. The van der Waals surface area contributed by atoms with E-state index in [4.69, 9.17) is 0 Å². The summed E-state index contributed by atoms with van der Waals surface area (Å²) >= 11 is 0. The zero-order valence-electron chi connectivity index (χ0n) is 16.2. The summed E-state index contributed by atoms with van der Waals surface area (Å²) in [5.74, 6) is -0.319. The van der Waals surface area contributed by atoms with Crippen LogP contribution in [0.5, 0.6) is 0 Å². The Balaban J connectivity index is 1.24. The Morgan fingerprint density at radius 1 is 0.552 bits per heavy atom. The number of imide groups is 1. The number of fused-ring (bicyclic) bond motifs is 4. The second kappa shape index (κ2) is 7.21. The van der Waals surface area contributed by atoms with Crippen molar-refractivity contribution in [1.29, 1.82) is 0 Å². The molecule has 0 aliphatic carbocycles. The Bertz CT molecular complexity index is 1150. The minimum absolute atomic E-state index is 0.159. The van der Waals surface area contributed by atoms with Crippen LogP contribution in [0, 0.1) is 0 Å². The molecule has 0 radical (unpaired) electrons. The van der Waals surface area contributed by atoms with Crippen LogP contribution in [-0.2, 0) is 6.54 Å². The number of amides is 2. The number of benzene rings is 3. The summed E-state index contributed by atoms with van der Waals surface area (Å²) in [5.41, 5.74) is 3.58. The SMILES string of the molecule is O=C1c2ccccc2C(=O)N1CCCCCn1c2ccccc2c2ccccc21. The maximum absolute atomic E-state index is 12.5. The lowest BCUT2D eigenvalue weighted by Crippen LogP contribution is -2.30. The minimum atomic E-state index is -0.159. The number of carbonyl (C=O) groups is 2. The van der Waals surface area contributed by atoms with Gasteiger partial charge in [-0.15, -0.1) is 0 Å². The van der Waals surface area contributed by atoms with E-state index in [1.807, 2.05) is 0 Å². The summed E-state index contributed by atoms with van der Waals surface area (Å²) in [6.45, 7) is 1.41. The van der Waals surface area contributed by atoms with E-state index in [2.05, 4.69) is 53.1 Å². The number of rotatable bonds is 6. The number of para-hydroxylation sites is 2. The Morgan fingerprint density at radius 3 is 1.62 bits per heavy atom. The Kier molecular flexibility index (Phi) is 4.39. The lowest BCUT2D eigenvalue weighted by Gasteiger charge is -2.14. The molecule has 4 aromatic rings. The molecule has 0 N–H and O–H groups in total. The number of unbranched alkanes of at least 4 members (excludes halogenated alkanes) is 2. The zero-order chi connectivity index (χ0) is 19.8. The van der Waals surface area contributed by atoms with Gasteiger partial charge in [-0.1, -0.05) is 48.5 Å². The predicted molar refractivity (Wildman–Crippen MR) is 115 cm³/mol. The highest BCUT2D eigenvalue weighted by atomic mass is 16.2. The molecule has 2 amide bonds. The van der Waals surface area contributed by atoms with Crippen molar-refractivity contribution >= 4 is 33.6 Å². The van der Waals surface area contributed by atoms with Crippen molar-refractivity contribution in [2.24, 2.45) is 0 Å². The quantitative estimate of drug-likeness (QED) is 0.337. The average Bonchev–Trinajstić information content (AvgIpc) is 3.21. The lowest BCUT2D eigenvalue weighted by molar-refractivity contribution is 0.0651. The Labute approximate surface area is 169 Å². The molecule has 3 aromatic carbocycles. The summed E-state index contributed by atoms with van der Waals surface area (Å²) in [6.07, 6.45) is 2.79. The Hall–Kier alpha value is -3.40. The zero-order valence-corrected chi connectivity index (χ0v) is 16.2. The van der Waals surface area contributed by atoms with E-state index < -0.39 is 0 Å². The first kappa shape index (κ1) is 17.7. The molecule has 1 aromatic heterocycles. The standard InChI is InChI=1S/C25H22N2O2/c28-24-20-12-2-3-13-21(20)25(29)27(24)17-9-1-8-16-26-22-14-6-4-10-18(22)19-11-5-7-15-23(19)26/h2-7,10-15H,1,8-9,16-17H2. The molecule has 0 unspecified atom stereocenters. The van der Waals surface area contributed by atoms with Gasteiger partial charge in [-0.25, -0.2) is 0 Å². The molecule has 0 saturated heterocycles. The molecule has 1 aliphatic heterocycles. The molecule has 4 heteroatoms. The molecule has 5 rings (SSSR count). The van der Waals surface area contributed by atoms with Gasteiger partial charge in [0.25, 0.3) is 11.8 Å². The minimum Gasteiger partial charge on any atom is -0.340 e. The number of aromatic nitrogens is 1. The van der Waals surface area contributed by atoms with Gasteiger partial charge in [0.15, 0.2) is 0 Å². The van der Waals surface area contributed by atoms with Crippen LogP contribution in [-0.4, -0.2) is 27.8 Å². The van der Waals surface area contributed by atoms with E-state index in [1.54, 1.807) is 24.3 Å². The largest absolute Gasteiger partial charge is 0.340 e. The molecule has 0 saturated carbocycles. The first-order valence-electron chi connectivity index (χ1n) is 10.2. The first-order valence-corrected chi connectivity index (χ1v) is 10.2. The van der Waals surface area contributed by atoms with Crippen molar-refractivity contribution in [2.45, 2.75) is 25.8 Å². The normalized spacial score (nSPS) is 13.6. The summed E-state index contributed by atoms with van der Waals surface area (Å²) in [6, 6.07) is 24.1. The van der Waals surface area contributed by atoms with Crippen molar-refractivity contribution < 1.29 is 9.59 Å². The van der Waals surface area contributed by atoms with E-state index in [-0.39, 0.29) is 11.8 Å². The van der Waals surface area contributed by atoms with E-state index in [1.165, 1.54) is 26.7 Å². The monoisotopic (exact) mass is 382 g/mol. The van der Waals surface area contributed by atoms with Crippen molar-refractivity contribution in [3.63, 3.8) is 0 Å². The van der Waals surface area contributed by atoms with Crippen molar-refractivity contribution in [1.82, 2.24) is 9.47 Å². The third-order valence-corrected chi connectivity index (χ3v) is 5.82. The van der Waals surface area contributed by atoms with E-state index in [0.717, 1.165) is 25.8 Å². The maximum Gasteiger partial charge on any atom is 0.261 e. The topological polar surface area (TPSA) is 42.3 Å². The highest BCUT2D eigenvalue weighted by Crippen LogP contribution is 2.29. The van der Waals surface area contributed by atoms with Gasteiger partial charge < -0.3 is 4.57 Å². The highest BCUT2D eigenvalue weighted by molar-refractivity contribution is 6.21. The van der Waals surface area contributed by atoms with Crippen LogP contribution < -0.4 is 0 Å². The van der Waals surface area contributed by atoms with Gasteiger partial charge in [0.1, 0.15) is 0 Å². The van der Waals surface area contributed by atoms with Gasteiger partial charge in [0.05, 0.1) is 11.1 Å². The molecule has 144 valence electrons. The molecular weight excluding hydrogens is 360 g/mol. The highest BCUT2D eigenvalue weighted by Gasteiger charge is 2.34. The van der Waals surface area contributed by atoms with Crippen molar-refractivity contribution in [2.75, 3.05) is 6.54 Å². The number of nitrogens with zero attached hydrogens (tertiary/aromatic N) is 2. The van der Waals surface area contributed by atoms with Crippen LogP contribution in [0.2, 0.25) is 0 Å². The van der Waals surface area contributed by atoms with Gasteiger partial charge >= 0.3 is 0 Å². The summed E-state index contributed by atoms with van der Waals surface area (Å²) in [7, 11) is 0. The molecule has 2 heterocycles. The van der Waals surface area contributed by atoms with Crippen LogP contribution in [0.3, 0.4) is 0 Å². The second-order valence-electron chi connectivity index (χ2n) is 7.55. The third kappa shape index (κ3) is 2.92. The Morgan fingerprint density at radius 2 is 1.03 bits per heavy atom. The van der Waals surface area contributed by atoms with E-state index in [0.29, 0.717) is 17.7 Å².